The molecule has 1 aromatic heterocycles. The molecule has 0 amide bonds. The number of benzene rings is 2. The summed E-state index contributed by atoms with van der Waals surface area (Å²) in [7, 11) is 6.94. The zero-order valence-corrected chi connectivity index (χ0v) is 16.5. The van der Waals surface area contributed by atoms with Gasteiger partial charge in [0, 0.05) is 12.1 Å². The number of methoxy groups -OCH3 is 5. The molecule has 9 heteroatoms. The van der Waals surface area contributed by atoms with Crippen LogP contribution < -0.4 is 29.1 Å². The molecule has 0 aliphatic carbocycles. The molecule has 1 heterocycles. The zero-order chi connectivity index (χ0) is 21.3. The van der Waals surface area contributed by atoms with Gasteiger partial charge in [0.2, 0.25) is 17.2 Å². The second-order valence-electron chi connectivity index (χ2n) is 5.85. The van der Waals surface area contributed by atoms with Gasteiger partial charge < -0.3 is 38.3 Å². The largest absolute Gasteiger partial charge is 0.507 e. The van der Waals surface area contributed by atoms with Crippen molar-refractivity contribution in [3.63, 3.8) is 0 Å². The molecular weight excluding hydrogens is 384 g/mol. The average molecular weight is 404 g/mol. The van der Waals surface area contributed by atoms with Crippen LogP contribution in [0.4, 0.5) is 0 Å². The summed E-state index contributed by atoms with van der Waals surface area (Å²) in [6.07, 6.45) is 0. The van der Waals surface area contributed by atoms with Crippen molar-refractivity contribution in [3.8, 4) is 51.6 Å². The van der Waals surface area contributed by atoms with Crippen molar-refractivity contribution in [2.75, 3.05) is 35.5 Å². The summed E-state index contributed by atoms with van der Waals surface area (Å²) in [5.41, 5.74) is -0.297. The van der Waals surface area contributed by atoms with Gasteiger partial charge in [0.25, 0.3) is 0 Å². The number of phenols is 2. The molecule has 0 spiro atoms. The maximum Gasteiger partial charge on any atom is 0.211 e. The van der Waals surface area contributed by atoms with Crippen molar-refractivity contribution in [2.45, 2.75) is 0 Å². The summed E-state index contributed by atoms with van der Waals surface area (Å²) in [6, 6.07) is 3.62. The predicted octanol–water partition coefficient (Wildman–Crippen LogP) is 2.91. The highest BCUT2D eigenvalue weighted by molar-refractivity contribution is 5.95. The van der Waals surface area contributed by atoms with E-state index in [0.717, 1.165) is 6.07 Å². The van der Waals surface area contributed by atoms with Crippen molar-refractivity contribution in [1.82, 2.24) is 0 Å². The number of aromatic hydroxyl groups is 2. The second-order valence-corrected chi connectivity index (χ2v) is 5.85. The summed E-state index contributed by atoms with van der Waals surface area (Å²) in [5, 5.41) is 20.2. The fraction of sp³-hybridized carbons (Fsp3) is 0.250. The molecule has 9 nitrogen and oxygen atoms in total. The van der Waals surface area contributed by atoms with Crippen LogP contribution in [0.25, 0.3) is 22.3 Å². The third-order valence-electron chi connectivity index (χ3n) is 4.38. The minimum absolute atomic E-state index is 0.0193. The Hall–Kier alpha value is -3.75. The lowest BCUT2D eigenvalue weighted by molar-refractivity contribution is 0.307. The molecule has 154 valence electrons. The lowest BCUT2D eigenvalue weighted by Crippen LogP contribution is -2.07. The third kappa shape index (κ3) is 3.10. The number of ether oxygens (including phenoxy) is 5. The van der Waals surface area contributed by atoms with E-state index in [1.807, 2.05) is 0 Å². The number of rotatable bonds is 6. The van der Waals surface area contributed by atoms with Crippen molar-refractivity contribution in [2.24, 2.45) is 0 Å². The van der Waals surface area contributed by atoms with Crippen LogP contribution in [0.1, 0.15) is 0 Å². The minimum atomic E-state index is -0.469. The topological polar surface area (TPSA) is 117 Å². The first kappa shape index (κ1) is 20.0. The van der Waals surface area contributed by atoms with Crippen molar-refractivity contribution >= 4 is 11.0 Å². The quantitative estimate of drug-likeness (QED) is 0.639. The number of hydrogen-bond donors (Lipinski definition) is 2. The van der Waals surface area contributed by atoms with Gasteiger partial charge in [0.15, 0.2) is 28.3 Å². The van der Waals surface area contributed by atoms with Gasteiger partial charge in [-0.3, -0.25) is 4.79 Å². The van der Waals surface area contributed by atoms with Crippen LogP contribution in [0.5, 0.6) is 40.2 Å². The SMILES string of the molecule is COc1cc(-c2cc(=O)c3c(OC)c(OC)c(OC)c(OC)c3o2)c(O)cc1O. The molecule has 29 heavy (non-hydrogen) atoms. The lowest BCUT2D eigenvalue weighted by Gasteiger charge is -2.18. The van der Waals surface area contributed by atoms with Crippen LogP contribution in [0.2, 0.25) is 0 Å². The monoisotopic (exact) mass is 404 g/mol. The molecule has 2 N–H and O–H groups in total. The van der Waals surface area contributed by atoms with Gasteiger partial charge in [-0.1, -0.05) is 0 Å². The van der Waals surface area contributed by atoms with Crippen LogP contribution in [0.3, 0.4) is 0 Å². The van der Waals surface area contributed by atoms with Gasteiger partial charge >= 0.3 is 0 Å². The summed E-state index contributed by atoms with van der Waals surface area (Å²) in [5.74, 6) is 0.126. The fourth-order valence-corrected chi connectivity index (χ4v) is 3.09. The molecule has 2 aromatic carbocycles. The first-order chi connectivity index (χ1) is 13.9. The van der Waals surface area contributed by atoms with E-state index in [1.165, 1.54) is 47.7 Å². The molecular formula is C20H20O9. The highest BCUT2D eigenvalue weighted by atomic mass is 16.5. The third-order valence-corrected chi connectivity index (χ3v) is 4.38. The summed E-state index contributed by atoms with van der Waals surface area (Å²) >= 11 is 0. The van der Waals surface area contributed by atoms with Gasteiger partial charge in [0.05, 0.1) is 41.1 Å². The Labute approximate surface area is 165 Å². The summed E-state index contributed by atoms with van der Waals surface area (Å²) in [4.78, 5) is 13.0. The van der Waals surface area contributed by atoms with Crippen LogP contribution >= 0.6 is 0 Å². The number of phenolic OH excluding ortho intramolecular Hbond substituents is 2. The highest BCUT2D eigenvalue weighted by Gasteiger charge is 2.27. The molecule has 0 unspecified atom stereocenters. The molecule has 0 aliphatic rings. The average Bonchev–Trinajstić information content (AvgIpc) is 2.71. The van der Waals surface area contributed by atoms with E-state index in [9.17, 15) is 15.0 Å². The summed E-state index contributed by atoms with van der Waals surface area (Å²) in [6.45, 7) is 0. The number of fused-ring (bicyclic) bond motifs is 1. The van der Waals surface area contributed by atoms with Crippen molar-refractivity contribution in [1.29, 1.82) is 0 Å². The van der Waals surface area contributed by atoms with Gasteiger partial charge in [-0.05, 0) is 6.07 Å². The Morgan fingerprint density at radius 2 is 1.31 bits per heavy atom. The smallest absolute Gasteiger partial charge is 0.211 e. The first-order valence-electron chi connectivity index (χ1n) is 8.35. The van der Waals surface area contributed by atoms with Crippen LogP contribution in [0.15, 0.2) is 27.4 Å². The number of hydrogen-bond acceptors (Lipinski definition) is 9. The van der Waals surface area contributed by atoms with Gasteiger partial charge in [-0.2, -0.15) is 0 Å². The summed E-state index contributed by atoms with van der Waals surface area (Å²) < 4.78 is 32.5. The Kier molecular flexibility index (Phi) is 5.31. The molecule has 0 fully saturated rings. The highest BCUT2D eigenvalue weighted by Crippen LogP contribution is 2.50. The van der Waals surface area contributed by atoms with Gasteiger partial charge in [-0.15, -0.1) is 0 Å². The standard InChI is InChI=1S/C20H20O9/c1-24-14-6-9(10(21)7-11(14)22)13-8-12(23)15-16(25-2)18(26-3)20(28-5)19(27-4)17(15)29-13/h6-8,21-22H,1-5H3. The van der Waals surface area contributed by atoms with E-state index in [0.29, 0.717) is 0 Å². The maximum atomic E-state index is 13.0. The van der Waals surface area contributed by atoms with E-state index in [1.54, 1.807) is 0 Å². The van der Waals surface area contributed by atoms with E-state index < -0.39 is 5.43 Å². The van der Waals surface area contributed by atoms with Crippen LogP contribution in [-0.4, -0.2) is 45.8 Å². The Morgan fingerprint density at radius 3 is 1.86 bits per heavy atom. The second kappa shape index (κ2) is 7.70. The lowest BCUT2D eigenvalue weighted by atomic mass is 10.1. The predicted molar refractivity (Wildman–Crippen MR) is 104 cm³/mol. The van der Waals surface area contributed by atoms with Crippen LogP contribution in [-0.2, 0) is 0 Å². The Bertz CT molecular complexity index is 1130. The van der Waals surface area contributed by atoms with Gasteiger partial charge in [0.1, 0.15) is 16.9 Å². The van der Waals surface area contributed by atoms with E-state index in [2.05, 4.69) is 0 Å². The van der Waals surface area contributed by atoms with Crippen molar-refractivity contribution in [3.05, 3.63) is 28.4 Å². The zero-order valence-electron chi connectivity index (χ0n) is 16.5. The fourth-order valence-electron chi connectivity index (χ4n) is 3.09. The first-order valence-corrected chi connectivity index (χ1v) is 8.35. The maximum absolute atomic E-state index is 13.0. The van der Waals surface area contributed by atoms with Crippen LogP contribution in [0, 0.1) is 0 Å². The molecule has 0 saturated carbocycles. The molecule has 3 aromatic rings. The molecule has 0 bridgehead atoms. The minimum Gasteiger partial charge on any atom is -0.507 e. The molecule has 0 saturated heterocycles. The van der Waals surface area contributed by atoms with Crippen molar-refractivity contribution < 1.29 is 38.3 Å². The molecule has 3 rings (SSSR count). The molecule has 0 atom stereocenters. The normalized spacial score (nSPS) is 10.7. The Balaban J connectivity index is 2.45. The van der Waals surface area contributed by atoms with E-state index in [4.69, 9.17) is 28.1 Å². The van der Waals surface area contributed by atoms with E-state index >= 15 is 0 Å². The molecule has 0 radical (unpaired) electrons. The Morgan fingerprint density at radius 1 is 0.724 bits per heavy atom. The molecule has 0 aliphatic heterocycles. The van der Waals surface area contributed by atoms with Gasteiger partial charge in [-0.25, -0.2) is 0 Å². The van der Waals surface area contributed by atoms with E-state index in [-0.39, 0.29) is 62.5 Å².